The van der Waals surface area contributed by atoms with Gasteiger partial charge in [0.1, 0.15) is 5.75 Å². The van der Waals surface area contributed by atoms with Gasteiger partial charge in [-0.2, -0.15) is 8.78 Å². The first kappa shape index (κ1) is 25.7. The first-order chi connectivity index (χ1) is 14.0. The van der Waals surface area contributed by atoms with E-state index < -0.39 is 6.61 Å². The normalized spacial score (nSPS) is 11.0. The highest BCUT2D eigenvalue weighted by atomic mass is 127. The summed E-state index contributed by atoms with van der Waals surface area (Å²) in [7, 11) is 3.32. The maximum Gasteiger partial charge on any atom is 0.387 e. The molecule has 0 fully saturated rings. The molecule has 2 N–H and O–H groups in total. The van der Waals surface area contributed by atoms with E-state index in [0.717, 1.165) is 22.4 Å². The predicted molar refractivity (Wildman–Crippen MR) is 124 cm³/mol. The molecule has 30 heavy (non-hydrogen) atoms. The smallest absolute Gasteiger partial charge is 0.387 e. The van der Waals surface area contributed by atoms with E-state index in [1.54, 1.807) is 33.2 Å². The molecular weight excluding hydrogens is 507 g/mol. The third-order valence-electron chi connectivity index (χ3n) is 4.10. The minimum atomic E-state index is -2.90. The van der Waals surface area contributed by atoms with Crippen molar-refractivity contribution in [1.29, 1.82) is 0 Å². The van der Waals surface area contributed by atoms with Crippen LogP contribution in [0.3, 0.4) is 0 Å². The van der Waals surface area contributed by atoms with Gasteiger partial charge in [0.15, 0.2) is 17.5 Å². The lowest BCUT2D eigenvalue weighted by atomic mass is 10.1. The molecule has 0 saturated carbocycles. The third kappa shape index (κ3) is 7.85. The summed E-state index contributed by atoms with van der Waals surface area (Å²) in [6.07, 6.45) is 0. The third-order valence-corrected chi connectivity index (χ3v) is 4.10. The molecule has 0 aliphatic heterocycles. The van der Waals surface area contributed by atoms with Crippen molar-refractivity contribution in [3.63, 3.8) is 0 Å². The van der Waals surface area contributed by atoms with Gasteiger partial charge in [-0.3, -0.25) is 4.99 Å². The number of aryl methyl sites for hydroxylation is 1. The van der Waals surface area contributed by atoms with Crippen LogP contribution in [0.15, 0.2) is 41.4 Å². The molecule has 0 aromatic heterocycles. The molecule has 2 aromatic rings. The Kier molecular flexibility index (Phi) is 11.2. The van der Waals surface area contributed by atoms with Crippen LogP contribution in [0, 0.1) is 6.92 Å². The maximum absolute atomic E-state index is 12.5. The Bertz CT molecular complexity index is 835. The molecule has 0 spiro atoms. The Morgan fingerprint density at radius 2 is 1.77 bits per heavy atom. The zero-order chi connectivity index (χ0) is 21.2. The van der Waals surface area contributed by atoms with Crippen LogP contribution >= 0.6 is 24.0 Å². The number of halogens is 3. The molecule has 0 bridgehead atoms. The number of alkyl halides is 2. The Morgan fingerprint density at radius 1 is 1.03 bits per heavy atom. The van der Waals surface area contributed by atoms with Crippen molar-refractivity contribution in [2.24, 2.45) is 4.99 Å². The van der Waals surface area contributed by atoms with Crippen LogP contribution in [0.4, 0.5) is 8.78 Å². The summed E-state index contributed by atoms with van der Waals surface area (Å²) in [5.74, 6) is 1.70. The average Bonchev–Trinajstić information content (AvgIpc) is 2.70. The summed E-state index contributed by atoms with van der Waals surface area (Å²) < 4.78 is 40.4. The number of nitrogens with zero attached hydrogens (tertiary/aromatic N) is 1. The van der Waals surface area contributed by atoms with Crippen molar-refractivity contribution >= 4 is 29.9 Å². The number of hydrogen-bond donors (Lipinski definition) is 2. The summed E-state index contributed by atoms with van der Waals surface area (Å²) in [4.78, 5) is 4.21. The van der Waals surface area contributed by atoms with Crippen molar-refractivity contribution in [2.45, 2.75) is 33.5 Å². The van der Waals surface area contributed by atoms with Crippen molar-refractivity contribution in [2.75, 3.05) is 20.8 Å². The van der Waals surface area contributed by atoms with E-state index in [9.17, 15) is 8.78 Å². The zero-order valence-electron chi connectivity index (χ0n) is 17.5. The molecule has 9 heteroatoms. The first-order valence-electron chi connectivity index (χ1n) is 9.25. The van der Waals surface area contributed by atoms with E-state index in [1.165, 1.54) is 6.07 Å². The monoisotopic (exact) mass is 535 g/mol. The number of rotatable bonds is 9. The fourth-order valence-corrected chi connectivity index (χ4v) is 2.71. The summed E-state index contributed by atoms with van der Waals surface area (Å²) in [6, 6.07) is 10.8. The van der Waals surface area contributed by atoms with Gasteiger partial charge < -0.3 is 24.8 Å². The summed E-state index contributed by atoms with van der Waals surface area (Å²) in [6.45, 7) is 2.20. The van der Waals surface area contributed by atoms with Crippen LogP contribution in [0.1, 0.15) is 23.6 Å². The van der Waals surface area contributed by atoms with Crippen LogP contribution < -0.4 is 24.8 Å². The SMILES string of the molecule is CCOc1cc(CNC(=NC)NCc2ccc(C)cc2OC)ccc1OC(F)F.I. The topological polar surface area (TPSA) is 64.1 Å². The second-order valence-electron chi connectivity index (χ2n) is 6.19. The Hall–Kier alpha value is -2.30. The second-order valence-corrected chi connectivity index (χ2v) is 6.19. The van der Waals surface area contributed by atoms with Crippen LogP contribution in [-0.4, -0.2) is 33.3 Å². The molecule has 0 atom stereocenters. The quantitative estimate of drug-likeness (QED) is 0.282. The van der Waals surface area contributed by atoms with Gasteiger partial charge in [-0.05, 0) is 43.2 Å². The van der Waals surface area contributed by atoms with Gasteiger partial charge in [-0.15, -0.1) is 24.0 Å². The average molecular weight is 535 g/mol. The van der Waals surface area contributed by atoms with E-state index in [0.29, 0.717) is 25.7 Å². The second kappa shape index (κ2) is 13.1. The Labute approximate surface area is 193 Å². The lowest BCUT2D eigenvalue weighted by Gasteiger charge is -2.16. The van der Waals surface area contributed by atoms with Crippen LogP contribution in [0.5, 0.6) is 17.2 Å². The lowest BCUT2D eigenvalue weighted by Crippen LogP contribution is -2.36. The van der Waals surface area contributed by atoms with Gasteiger partial charge >= 0.3 is 6.61 Å². The molecule has 166 valence electrons. The van der Waals surface area contributed by atoms with Crippen LogP contribution in [-0.2, 0) is 13.1 Å². The van der Waals surface area contributed by atoms with Crippen molar-refractivity contribution in [3.05, 3.63) is 53.1 Å². The molecular formula is C21H28F2IN3O3. The van der Waals surface area contributed by atoms with Gasteiger partial charge in [0, 0.05) is 25.7 Å². The minimum absolute atomic E-state index is 0. The number of hydrogen-bond acceptors (Lipinski definition) is 4. The van der Waals surface area contributed by atoms with Gasteiger partial charge in [0.25, 0.3) is 0 Å². The highest BCUT2D eigenvalue weighted by Crippen LogP contribution is 2.29. The Balaban J connectivity index is 0.00000450. The number of aliphatic imine (C=N–C) groups is 1. The highest BCUT2D eigenvalue weighted by molar-refractivity contribution is 14.0. The van der Waals surface area contributed by atoms with Gasteiger partial charge in [-0.1, -0.05) is 18.2 Å². The number of ether oxygens (including phenoxy) is 3. The van der Waals surface area contributed by atoms with E-state index >= 15 is 0 Å². The molecule has 6 nitrogen and oxygen atoms in total. The molecule has 0 aliphatic carbocycles. The fourth-order valence-electron chi connectivity index (χ4n) is 2.71. The molecule has 0 saturated heterocycles. The molecule has 2 rings (SSSR count). The predicted octanol–water partition coefficient (Wildman–Crippen LogP) is 4.49. The van der Waals surface area contributed by atoms with Gasteiger partial charge in [-0.25, -0.2) is 0 Å². The van der Waals surface area contributed by atoms with Crippen molar-refractivity contribution in [1.82, 2.24) is 10.6 Å². The zero-order valence-corrected chi connectivity index (χ0v) is 19.8. The number of guanidine groups is 1. The molecule has 0 aliphatic rings. The van der Waals surface area contributed by atoms with E-state index in [4.69, 9.17) is 9.47 Å². The number of nitrogens with one attached hydrogen (secondary N) is 2. The standard InChI is InChI=1S/C21H27F2N3O3.HI/c1-5-28-19-11-15(7-9-17(19)29-20(22)23)12-25-21(24-3)26-13-16-8-6-14(2)10-18(16)27-4;/h6-11,20H,5,12-13H2,1-4H3,(H2,24,25,26);1H. The summed E-state index contributed by atoms with van der Waals surface area (Å²) in [5.41, 5.74) is 2.97. The molecule has 0 unspecified atom stereocenters. The lowest BCUT2D eigenvalue weighted by molar-refractivity contribution is -0.0514. The summed E-state index contributed by atoms with van der Waals surface area (Å²) in [5, 5.41) is 6.42. The van der Waals surface area contributed by atoms with E-state index in [2.05, 4.69) is 20.4 Å². The Morgan fingerprint density at radius 3 is 2.40 bits per heavy atom. The molecule has 2 aromatic carbocycles. The van der Waals surface area contributed by atoms with Crippen molar-refractivity contribution in [3.8, 4) is 17.2 Å². The highest BCUT2D eigenvalue weighted by Gasteiger charge is 2.12. The maximum atomic E-state index is 12.5. The van der Waals surface area contributed by atoms with Crippen LogP contribution in [0.25, 0.3) is 0 Å². The molecule has 0 heterocycles. The summed E-state index contributed by atoms with van der Waals surface area (Å²) >= 11 is 0. The van der Waals surface area contributed by atoms with Crippen molar-refractivity contribution < 1.29 is 23.0 Å². The largest absolute Gasteiger partial charge is 0.496 e. The minimum Gasteiger partial charge on any atom is -0.496 e. The number of methoxy groups -OCH3 is 1. The fraction of sp³-hybridized carbons (Fsp3) is 0.381. The van der Waals surface area contributed by atoms with E-state index in [1.807, 2.05) is 25.1 Å². The van der Waals surface area contributed by atoms with E-state index in [-0.39, 0.29) is 35.5 Å². The number of benzene rings is 2. The van der Waals surface area contributed by atoms with Gasteiger partial charge in [0.05, 0.1) is 13.7 Å². The first-order valence-corrected chi connectivity index (χ1v) is 9.25. The molecule has 0 radical (unpaired) electrons. The van der Waals surface area contributed by atoms with Gasteiger partial charge in [0.2, 0.25) is 0 Å². The molecule has 0 amide bonds. The van der Waals surface area contributed by atoms with Crippen LogP contribution in [0.2, 0.25) is 0 Å².